The molecule has 0 unspecified atom stereocenters. The first-order chi connectivity index (χ1) is 9.11. The lowest BCUT2D eigenvalue weighted by Gasteiger charge is -2.23. The molecular formula is C13H16N4O2. The number of rotatable bonds is 4. The largest absolute Gasteiger partial charge is 0.508 e. The summed E-state index contributed by atoms with van der Waals surface area (Å²) in [6.07, 6.45) is 3.17. The fourth-order valence-corrected chi connectivity index (χ4v) is 1.91. The summed E-state index contributed by atoms with van der Waals surface area (Å²) in [4.78, 5) is 13.9. The Bertz CT molecular complexity index is 566. The summed E-state index contributed by atoms with van der Waals surface area (Å²) in [6, 6.07) is 4.99. The van der Waals surface area contributed by atoms with E-state index >= 15 is 0 Å². The summed E-state index contributed by atoms with van der Waals surface area (Å²) in [5.41, 5.74) is 1.65. The highest BCUT2D eigenvalue weighted by Crippen LogP contribution is 2.25. The van der Waals surface area contributed by atoms with Gasteiger partial charge in [-0.1, -0.05) is 11.3 Å². The number of aryl methyl sites for hydroxylation is 1. The average molecular weight is 260 g/mol. The molecule has 2 rings (SSSR count). The van der Waals surface area contributed by atoms with Crippen molar-refractivity contribution in [1.29, 1.82) is 0 Å². The summed E-state index contributed by atoms with van der Waals surface area (Å²) in [6.45, 7) is 4.45. The molecule has 1 aromatic heterocycles. The number of phenolic OH excluding ortho intramolecular Hbond substituents is 1. The van der Waals surface area contributed by atoms with Crippen LogP contribution in [-0.4, -0.2) is 32.6 Å². The number of hydrogen-bond donors (Lipinski definition) is 1. The van der Waals surface area contributed by atoms with Crippen molar-refractivity contribution in [3.05, 3.63) is 36.2 Å². The minimum atomic E-state index is -0.0956. The van der Waals surface area contributed by atoms with Crippen molar-refractivity contribution < 1.29 is 9.90 Å². The van der Waals surface area contributed by atoms with Gasteiger partial charge < -0.3 is 10.0 Å². The van der Waals surface area contributed by atoms with Crippen LogP contribution in [0.3, 0.4) is 0 Å². The van der Waals surface area contributed by atoms with E-state index in [1.807, 2.05) is 13.8 Å². The first-order valence-corrected chi connectivity index (χ1v) is 6.06. The van der Waals surface area contributed by atoms with Crippen molar-refractivity contribution >= 4 is 11.6 Å². The third kappa shape index (κ3) is 2.90. The second-order valence-electron chi connectivity index (χ2n) is 4.21. The molecule has 2 aromatic rings. The van der Waals surface area contributed by atoms with Crippen molar-refractivity contribution in [2.45, 2.75) is 20.4 Å². The Kier molecular flexibility index (Phi) is 3.79. The number of phenols is 1. The highest BCUT2D eigenvalue weighted by molar-refractivity contribution is 5.94. The summed E-state index contributed by atoms with van der Waals surface area (Å²) >= 11 is 0. The summed E-state index contributed by atoms with van der Waals surface area (Å²) in [5.74, 6) is 0.0503. The summed E-state index contributed by atoms with van der Waals surface area (Å²) in [7, 11) is 0. The van der Waals surface area contributed by atoms with Crippen molar-refractivity contribution in [3.63, 3.8) is 0 Å². The predicted octanol–water partition coefficient (Wildman–Crippen LogP) is 1.35. The SMILES string of the molecule is CCN(C(=O)Cn1ccnn1)c1cc(O)ccc1C. The van der Waals surface area contributed by atoms with Crippen LogP contribution >= 0.6 is 0 Å². The molecule has 1 amide bonds. The lowest BCUT2D eigenvalue weighted by atomic mass is 10.1. The van der Waals surface area contributed by atoms with Gasteiger partial charge >= 0.3 is 0 Å². The number of aromatic hydroxyl groups is 1. The number of likely N-dealkylation sites (N-methyl/N-ethyl adjacent to an activating group) is 1. The van der Waals surface area contributed by atoms with Gasteiger partial charge in [-0.25, -0.2) is 4.68 Å². The van der Waals surface area contributed by atoms with E-state index in [9.17, 15) is 9.90 Å². The van der Waals surface area contributed by atoms with E-state index in [0.717, 1.165) is 5.56 Å². The van der Waals surface area contributed by atoms with Crippen LogP contribution in [0.15, 0.2) is 30.6 Å². The van der Waals surface area contributed by atoms with Crippen molar-refractivity contribution in [3.8, 4) is 5.75 Å². The molecule has 0 radical (unpaired) electrons. The third-order valence-corrected chi connectivity index (χ3v) is 2.87. The number of aromatic nitrogens is 3. The van der Waals surface area contributed by atoms with Gasteiger partial charge in [-0.05, 0) is 25.5 Å². The smallest absolute Gasteiger partial charge is 0.248 e. The van der Waals surface area contributed by atoms with Gasteiger partial charge in [0.1, 0.15) is 12.3 Å². The standard InChI is InChI=1S/C13H16N4O2/c1-3-17(12-8-11(18)5-4-10(12)2)13(19)9-16-7-6-14-15-16/h4-8,18H,3,9H2,1-2H3. The summed E-state index contributed by atoms with van der Waals surface area (Å²) < 4.78 is 1.48. The van der Waals surface area contributed by atoms with E-state index in [-0.39, 0.29) is 18.2 Å². The van der Waals surface area contributed by atoms with E-state index in [4.69, 9.17) is 0 Å². The molecule has 0 saturated carbocycles. The van der Waals surface area contributed by atoms with E-state index in [1.54, 1.807) is 29.3 Å². The quantitative estimate of drug-likeness (QED) is 0.900. The van der Waals surface area contributed by atoms with E-state index < -0.39 is 0 Å². The van der Waals surface area contributed by atoms with Gasteiger partial charge in [-0.15, -0.1) is 5.10 Å². The van der Waals surface area contributed by atoms with Crippen LogP contribution in [0.1, 0.15) is 12.5 Å². The predicted molar refractivity (Wildman–Crippen MR) is 70.9 cm³/mol. The zero-order valence-electron chi connectivity index (χ0n) is 10.9. The molecule has 0 bridgehead atoms. The summed E-state index contributed by atoms with van der Waals surface area (Å²) in [5, 5.41) is 17.0. The number of hydrogen-bond acceptors (Lipinski definition) is 4. The Morgan fingerprint density at radius 3 is 2.89 bits per heavy atom. The minimum absolute atomic E-state index is 0.0956. The van der Waals surface area contributed by atoms with Crippen molar-refractivity contribution in [2.75, 3.05) is 11.4 Å². The van der Waals surface area contributed by atoms with Crippen LogP contribution in [0.2, 0.25) is 0 Å². The van der Waals surface area contributed by atoms with Crippen LogP contribution < -0.4 is 4.90 Å². The maximum atomic E-state index is 12.3. The zero-order valence-corrected chi connectivity index (χ0v) is 10.9. The topological polar surface area (TPSA) is 71.2 Å². The first-order valence-electron chi connectivity index (χ1n) is 6.06. The highest BCUT2D eigenvalue weighted by Gasteiger charge is 2.17. The molecule has 1 heterocycles. The molecule has 6 nitrogen and oxygen atoms in total. The number of amides is 1. The Balaban J connectivity index is 2.24. The first kappa shape index (κ1) is 13.1. The molecule has 0 aliphatic heterocycles. The van der Waals surface area contributed by atoms with E-state index in [1.165, 1.54) is 10.9 Å². The second-order valence-corrected chi connectivity index (χ2v) is 4.21. The van der Waals surface area contributed by atoms with Gasteiger partial charge in [0.25, 0.3) is 0 Å². The van der Waals surface area contributed by atoms with E-state index in [2.05, 4.69) is 10.3 Å². The zero-order chi connectivity index (χ0) is 13.8. The Morgan fingerprint density at radius 1 is 1.47 bits per heavy atom. The monoisotopic (exact) mass is 260 g/mol. The molecule has 0 aliphatic rings. The number of benzene rings is 1. The Morgan fingerprint density at radius 2 is 2.26 bits per heavy atom. The van der Waals surface area contributed by atoms with Crippen LogP contribution in [-0.2, 0) is 11.3 Å². The molecule has 0 spiro atoms. The van der Waals surface area contributed by atoms with Gasteiger partial charge in [0.2, 0.25) is 5.91 Å². The molecule has 6 heteroatoms. The molecule has 0 atom stereocenters. The maximum absolute atomic E-state index is 12.3. The number of carbonyl (C=O) groups excluding carboxylic acids is 1. The van der Waals surface area contributed by atoms with Gasteiger partial charge in [0.15, 0.2) is 0 Å². The van der Waals surface area contributed by atoms with Crippen LogP contribution in [0, 0.1) is 6.92 Å². The number of anilines is 1. The normalized spacial score (nSPS) is 10.4. The van der Waals surface area contributed by atoms with Crippen LogP contribution in [0.4, 0.5) is 5.69 Å². The molecule has 1 aromatic carbocycles. The molecule has 1 N–H and O–H groups in total. The fraction of sp³-hybridized carbons (Fsp3) is 0.308. The van der Waals surface area contributed by atoms with Gasteiger partial charge in [-0.3, -0.25) is 4.79 Å². The van der Waals surface area contributed by atoms with Crippen molar-refractivity contribution in [1.82, 2.24) is 15.0 Å². The average Bonchev–Trinajstić information content (AvgIpc) is 2.87. The molecular weight excluding hydrogens is 244 g/mol. The lowest BCUT2D eigenvalue weighted by Crippen LogP contribution is -2.34. The fourth-order valence-electron chi connectivity index (χ4n) is 1.91. The lowest BCUT2D eigenvalue weighted by molar-refractivity contribution is -0.119. The molecule has 19 heavy (non-hydrogen) atoms. The molecule has 0 fully saturated rings. The number of carbonyl (C=O) groups is 1. The van der Waals surface area contributed by atoms with Gasteiger partial charge in [0, 0.05) is 18.8 Å². The van der Waals surface area contributed by atoms with Gasteiger partial charge in [-0.2, -0.15) is 0 Å². The highest BCUT2D eigenvalue weighted by atomic mass is 16.3. The maximum Gasteiger partial charge on any atom is 0.248 e. The Labute approximate surface area is 111 Å². The second kappa shape index (κ2) is 5.51. The number of nitrogens with zero attached hydrogens (tertiary/aromatic N) is 4. The Hall–Kier alpha value is -2.37. The minimum Gasteiger partial charge on any atom is -0.508 e. The molecule has 100 valence electrons. The third-order valence-electron chi connectivity index (χ3n) is 2.87. The molecule has 0 aliphatic carbocycles. The molecule has 0 saturated heterocycles. The van der Waals surface area contributed by atoms with Crippen molar-refractivity contribution in [2.24, 2.45) is 0 Å². The van der Waals surface area contributed by atoms with Crippen LogP contribution in [0.25, 0.3) is 0 Å². The van der Waals surface area contributed by atoms with Crippen LogP contribution in [0.5, 0.6) is 5.75 Å². The van der Waals surface area contributed by atoms with E-state index in [0.29, 0.717) is 12.2 Å². The van der Waals surface area contributed by atoms with Gasteiger partial charge in [0.05, 0.1) is 11.9 Å².